The Bertz CT molecular complexity index is 1330. The van der Waals surface area contributed by atoms with E-state index in [-0.39, 0.29) is 0 Å². The average molecular weight is 523 g/mol. The minimum atomic E-state index is 0.871. The summed E-state index contributed by atoms with van der Waals surface area (Å²) in [6.45, 7) is 28.2. The molecular weight excluding hydrogens is 468 g/mol. The molecule has 3 aromatic carbocycles. The summed E-state index contributed by atoms with van der Waals surface area (Å²) in [5.74, 6) is 1.79. The van der Waals surface area contributed by atoms with E-state index in [2.05, 4.69) is 95.2 Å². The molecule has 0 aliphatic heterocycles. The van der Waals surface area contributed by atoms with Crippen molar-refractivity contribution in [2.24, 2.45) is 11.8 Å². The Morgan fingerprint density at radius 3 is 1.41 bits per heavy atom. The Hall–Kier alpha value is -2.34. The summed E-state index contributed by atoms with van der Waals surface area (Å²) in [7, 11) is 0. The Morgan fingerprint density at radius 2 is 0.897 bits per heavy atom. The van der Waals surface area contributed by atoms with E-state index in [0.717, 1.165) is 24.7 Å². The van der Waals surface area contributed by atoms with Gasteiger partial charge in [0, 0.05) is 0 Å². The van der Waals surface area contributed by atoms with Gasteiger partial charge in [0.25, 0.3) is 0 Å². The molecule has 0 unspecified atom stereocenters. The van der Waals surface area contributed by atoms with Gasteiger partial charge in [-0.05, 0) is 209 Å². The molecule has 0 amide bonds. The lowest BCUT2D eigenvalue weighted by molar-refractivity contribution is 0.288. The molecule has 4 rings (SSSR count). The number of aryl methyl sites for hydroxylation is 3. The fraction of sp³-hybridized carbons (Fsp3) is 0.538. The first-order valence-corrected chi connectivity index (χ1v) is 15.5. The first-order chi connectivity index (χ1) is 18.3. The molecule has 1 aliphatic carbocycles. The average Bonchev–Trinajstić information content (AvgIpc) is 2.90. The monoisotopic (exact) mass is 522 g/mol. The van der Waals surface area contributed by atoms with E-state index in [1.165, 1.54) is 104 Å². The first-order valence-electron chi connectivity index (χ1n) is 15.5. The molecule has 0 nitrogen and oxygen atoms in total. The highest BCUT2D eigenvalue weighted by atomic mass is 14.3. The highest BCUT2D eigenvalue weighted by Gasteiger charge is 2.22. The Kier molecular flexibility index (Phi) is 8.85. The second-order valence-corrected chi connectivity index (χ2v) is 13.5. The molecule has 1 aliphatic rings. The van der Waals surface area contributed by atoms with E-state index < -0.39 is 0 Å². The molecule has 0 spiro atoms. The van der Waals surface area contributed by atoms with Crippen molar-refractivity contribution in [3.8, 4) is 0 Å². The van der Waals surface area contributed by atoms with Crippen LogP contribution in [0.3, 0.4) is 0 Å². The van der Waals surface area contributed by atoms with Crippen LogP contribution >= 0.6 is 0 Å². The molecule has 0 saturated heterocycles. The quantitative estimate of drug-likeness (QED) is 0.302. The van der Waals surface area contributed by atoms with Crippen LogP contribution in [0.4, 0.5) is 0 Å². The van der Waals surface area contributed by atoms with E-state index in [1.807, 2.05) is 0 Å². The number of benzene rings is 3. The van der Waals surface area contributed by atoms with Gasteiger partial charge in [0.2, 0.25) is 0 Å². The van der Waals surface area contributed by atoms with Crippen LogP contribution in [0.2, 0.25) is 0 Å². The first kappa shape index (κ1) is 29.6. The maximum Gasteiger partial charge on any atom is -0.00149 e. The molecule has 0 radical (unpaired) electrons. The molecule has 1 fully saturated rings. The van der Waals surface area contributed by atoms with Crippen molar-refractivity contribution in [3.05, 3.63) is 101 Å². The second-order valence-electron chi connectivity index (χ2n) is 13.5. The van der Waals surface area contributed by atoms with Gasteiger partial charge >= 0.3 is 0 Å². The predicted octanol–water partition coefficient (Wildman–Crippen LogP) is 10.6. The van der Waals surface area contributed by atoms with Crippen LogP contribution in [0.25, 0.3) is 0 Å². The summed E-state index contributed by atoms with van der Waals surface area (Å²) in [6, 6.07) is 4.88. The molecule has 0 N–H and O–H groups in total. The fourth-order valence-electron chi connectivity index (χ4n) is 7.47. The third kappa shape index (κ3) is 5.77. The number of hydrogen-bond donors (Lipinski definition) is 0. The maximum atomic E-state index is 2.53. The van der Waals surface area contributed by atoms with Crippen LogP contribution in [0, 0.1) is 88.0 Å². The Balaban J connectivity index is 1.68. The van der Waals surface area contributed by atoms with Gasteiger partial charge in [0.05, 0.1) is 0 Å². The van der Waals surface area contributed by atoms with Gasteiger partial charge in [-0.25, -0.2) is 0 Å². The van der Waals surface area contributed by atoms with Gasteiger partial charge in [-0.15, -0.1) is 0 Å². The van der Waals surface area contributed by atoms with Crippen molar-refractivity contribution in [2.75, 3.05) is 0 Å². The lowest BCUT2D eigenvalue weighted by Gasteiger charge is -2.28. The van der Waals surface area contributed by atoms with Crippen molar-refractivity contribution < 1.29 is 0 Å². The molecule has 0 atom stereocenters. The largest absolute Gasteiger partial charge is 0.0625 e. The topological polar surface area (TPSA) is 0 Å². The van der Waals surface area contributed by atoms with Gasteiger partial charge in [0.1, 0.15) is 0 Å². The van der Waals surface area contributed by atoms with Crippen LogP contribution < -0.4 is 0 Å². The molecule has 210 valence electrons. The van der Waals surface area contributed by atoms with Crippen molar-refractivity contribution >= 4 is 0 Å². The molecule has 0 heteroatoms. The van der Waals surface area contributed by atoms with Crippen LogP contribution in [-0.2, 0) is 19.3 Å². The van der Waals surface area contributed by atoms with Crippen LogP contribution in [0.15, 0.2) is 12.1 Å². The van der Waals surface area contributed by atoms with E-state index in [4.69, 9.17) is 0 Å². The number of hydrogen-bond acceptors (Lipinski definition) is 0. The highest BCUT2D eigenvalue weighted by molar-refractivity contribution is 5.56. The van der Waals surface area contributed by atoms with Gasteiger partial charge in [-0.1, -0.05) is 31.9 Å². The lowest BCUT2D eigenvalue weighted by Crippen LogP contribution is -2.16. The minimum Gasteiger partial charge on any atom is -0.0625 e. The summed E-state index contributed by atoms with van der Waals surface area (Å²) >= 11 is 0. The van der Waals surface area contributed by atoms with Gasteiger partial charge in [-0.2, -0.15) is 0 Å². The third-order valence-corrected chi connectivity index (χ3v) is 11.2. The van der Waals surface area contributed by atoms with Crippen molar-refractivity contribution in [1.29, 1.82) is 0 Å². The fourth-order valence-corrected chi connectivity index (χ4v) is 7.47. The molecule has 1 saturated carbocycles. The predicted molar refractivity (Wildman–Crippen MR) is 172 cm³/mol. The third-order valence-electron chi connectivity index (χ3n) is 11.2. The zero-order chi connectivity index (χ0) is 28.8. The van der Waals surface area contributed by atoms with Crippen molar-refractivity contribution in [3.63, 3.8) is 0 Å². The molecule has 0 heterocycles. The smallest absolute Gasteiger partial charge is 0.00149 e. The molecular formula is C39H54. The van der Waals surface area contributed by atoms with Gasteiger partial charge in [-0.3, -0.25) is 0 Å². The second kappa shape index (κ2) is 11.6. The van der Waals surface area contributed by atoms with Gasteiger partial charge in [0.15, 0.2) is 0 Å². The minimum absolute atomic E-state index is 0.871. The van der Waals surface area contributed by atoms with Crippen LogP contribution in [0.5, 0.6) is 0 Å². The lowest BCUT2D eigenvalue weighted by atomic mass is 9.77. The zero-order valence-electron chi connectivity index (χ0n) is 27.3. The van der Waals surface area contributed by atoms with Crippen molar-refractivity contribution in [1.82, 2.24) is 0 Å². The van der Waals surface area contributed by atoms with E-state index in [0.29, 0.717) is 0 Å². The Morgan fingerprint density at radius 1 is 0.462 bits per heavy atom. The summed E-state index contributed by atoms with van der Waals surface area (Å²) in [5, 5.41) is 0. The van der Waals surface area contributed by atoms with E-state index in [9.17, 15) is 0 Å². The molecule has 0 aromatic heterocycles. The zero-order valence-corrected chi connectivity index (χ0v) is 27.3. The summed E-state index contributed by atoms with van der Waals surface area (Å²) < 4.78 is 0. The standard InChI is InChI=1S/C39H54/c1-22-13-15-34(16-14-22)19-36-25(4)18-35(28(7)29(36)8)20-37-30(9)32(11)39(33(12)31(37)10)21-38-26(5)23(2)17-24(3)27(38)6/h17-18,22,34H,13-16,19-21H2,1-12H3. The molecule has 39 heavy (non-hydrogen) atoms. The Labute approximate surface area is 240 Å². The maximum absolute atomic E-state index is 2.53. The molecule has 0 bridgehead atoms. The normalized spacial score (nSPS) is 17.6. The van der Waals surface area contributed by atoms with Crippen LogP contribution in [0.1, 0.15) is 122 Å². The van der Waals surface area contributed by atoms with E-state index in [1.54, 1.807) is 16.7 Å². The van der Waals surface area contributed by atoms with Crippen molar-refractivity contribution in [2.45, 2.75) is 128 Å². The molecule has 3 aromatic rings. The summed E-state index contributed by atoms with van der Waals surface area (Å²) in [6.07, 6.45) is 8.98. The summed E-state index contributed by atoms with van der Waals surface area (Å²) in [4.78, 5) is 0. The van der Waals surface area contributed by atoms with Crippen LogP contribution in [-0.4, -0.2) is 0 Å². The van der Waals surface area contributed by atoms with Gasteiger partial charge < -0.3 is 0 Å². The SMILES string of the molecule is Cc1cc(C)c(C)c(Cc2c(C)c(C)c(Cc3cc(C)c(CC4CCC(C)CC4)c(C)c3C)c(C)c2C)c1C. The highest BCUT2D eigenvalue weighted by Crippen LogP contribution is 2.36. The van der Waals surface area contributed by atoms with E-state index >= 15 is 0 Å². The summed E-state index contributed by atoms with van der Waals surface area (Å²) in [5.41, 5.74) is 24.0. The number of rotatable bonds is 6.